The summed E-state index contributed by atoms with van der Waals surface area (Å²) in [5, 5.41) is 12.2. The van der Waals surface area contributed by atoms with Gasteiger partial charge < -0.3 is 19.7 Å². The minimum absolute atomic E-state index is 0.0460. The van der Waals surface area contributed by atoms with Crippen LogP contribution in [0.3, 0.4) is 0 Å². The summed E-state index contributed by atoms with van der Waals surface area (Å²) >= 11 is 0. The summed E-state index contributed by atoms with van der Waals surface area (Å²) in [6.45, 7) is 1.47. The van der Waals surface area contributed by atoms with E-state index in [4.69, 9.17) is 14.7 Å². The van der Waals surface area contributed by atoms with Crippen LogP contribution >= 0.6 is 0 Å². The first-order valence-corrected chi connectivity index (χ1v) is 9.46. The lowest BCUT2D eigenvalue weighted by Gasteiger charge is -2.35. The van der Waals surface area contributed by atoms with Crippen molar-refractivity contribution in [3.8, 4) is 17.6 Å². The molecule has 1 aromatic heterocycles. The number of nitriles is 1. The average Bonchev–Trinajstić information content (AvgIpc) is 2.80. The van der Waals surface area contributed by atoms with Gasteiger partial charge in [0.2, 0.25) is 11.8 Å². The summed E-state index contributed by atoms with van der Waals surface area (Å²) in [4.78, 5) is 27.4. The Labute approximate surface area is 173 Å². The molecule has 2 atom stereocenters. The van der Waals surface area contributed by atoms with Crippen molar-refractivity contribution in [2.24, 2.45) is 9.98 Å². The molecule has 1 saturated heterocycles. The van der Waals surface area contributed by atoms with Crippen LogP contribution in [0.4, 0.5) is 0 Å². The Morgan fingerprint density at radius 1 is 1.23 bits per heavy atom. The Kier molecular flexibility index (Phi) is 5.68. The van der Waals surface area contributed by atoms with Crippen LogP contribution in [0.1, 0.15) is 17.3 Å². The number of hydrogen-bond donors (Lipinski definition) is 1. The van der Waals surface area contributed by atoms with Crippen LogP contribution in [0.2, 0.25) is 0 Å². The first-order chi connectivity index (χ1) is 14.7. The number of ether oxygens (including phenoxy) is 2. The third kappa shape index (κ3) is 4.14. The molecule has 2 aliphatic heterocycles. The second kappa shape index (κ2) is 8.71. The number of nitrogens with one attached hydrogen (secondary N) is 1. The molecule has 3 heterocycles. The van der Waals surface area contributed by atoms with Crippen LogP contribution in [0.15, 0.2) is 52.7 Å². The van der Waals surface area contributed by atoms with Crippen molar-refractivity contribution in [2.45, 2.75) is 12.2 Å². The molecule has 0 saturated carbocycles. The molecular formula is C21H20N6O3. The fourth-order valence-corrected chi connectivity index (χ4v) is 3.26. The molecule has 2 aliphatic rings. The van der Waals surface area contributed by atoms with Crippen molar-refractivity contribution >= 4 is 18.0 Å². The van der Waals surface area contributed by atoms with Crippen LogP contribution in [0.25, 0.3) is 0 Å². The molecule has 1 fully saturated rings. The Morgan fingerprint density at radius 2 is 2.03 bits per heavy atom. The number of aliphatic imine (C=N–C) groups is 2. The Morgan fingerprint density at radius 3 is 2.77 bits per heavy atom. The van der Waals surface area contributed by atoms with Gasteiger partial charge >= 0.3 is 0 Å². The Bertz CT molecular complexity index is 1030. The third-order valence-corrected chi connectivity index (χ3v) is 4.80. The van der Waals surface area contributed by atoms with Crippen molar-refractivity contribution < 1.29 is 14.3 Å². The molecule has 1 N–H and O–H groups in total. The molecule has 0 radical (unpaired) electrons. The lowest BCUT2D eigenvalue weighted by Crippen LogP contribution is -2.56. The van der Waals surface area contributed by atoms with E-state index in [2.05, 4.69) is 26.4 Å². The van der Waals surface area contributed by atoms with E-state index in [0.717, 1.165) is 0 Å². The number of nitrogens with zero attached hydrogens (tertiary/aromatic N) is 5. The predicted octanol–water partition coefficient (Wildman–Crippen LogP) is 1.32. The Hall–Kier alpha value is -3.77. The minimum atomic E-state index is -0.603. The zero-order chi connectivity index (χ0) is 20.9. The maximum atomic E-state index is 12.4. The SMILES string of the molecule is COc1ccc(OC2=NC(c3cncc(C#N)c3)N=CC2N2CCNCC2=O)cc1. The summed E-state index contributed by atoms with van der Waals surface area (Å²) in [6.07, 6.45) is 4.18. The maximum Gasteiger partial charge on any atom is 0.237 e. The molecule has 9 nitrogen and oxygen atoms in total. The van der Waals surface area contributed by atoms with E-state index in [1.165, 1.54) is 6.20 Å². The number of amides is 1. The molecule has 152 valence electrons. The van der Waals surface area contributed by atoms with Gasteiger partial charge in [-0.1, -0.05) is 0 Å². The number of piperazine rings is 1. The minimum Gasteiger partial charge on any atom is -0.497 e. The van der Waals surface area contributed by atoms with E-state index in [9.17, 15) is 4.79 Å². The van der Waals surface area contributed by atoms with Crippen LogP contribution in [0, 0.1) is 11.3 Å². The number of rotatable bonds is 4. The third-order valence-electron chi connectivity index (χ3n) is 4.80. The van der Waals surface area contributed by atoms with E-state index in [-0.39, 0.29) is 12.5 Å². The maximum absolute atomic E-state index is 12.4. The summed E-state index contributed by atoms with van der Waals surface area (Å²) < 4.78 is 11.3. The average molecular weight is 404 g/mol. The summed E-state index contributed by atoms with van der Waals surface area (Å²) in [6, 6.07) is 10.4. The monoisotopic (exact) mass is 404 g/mol. The van der Waals surface area contributed by atoms with Crippen LogP contribution in [-0.4, -0.2) is 60.7 Å². The van der Waals surface area contributed by atoms with Gasteiger partial charge in [0.15, 0.2) is 6.17 Å². The highest BCUT2D eigenvalue weighted by atomic mass is 16.5. The number of carbonyl (C=O) groups excluding carboxylic acids is 1. The number of aromatic nitrogens is 1. The molecular weight excluding hydrogens is 384 g/mol. The lowest BCUT2D eigenvalue weighted by atomic mass is 10.1. The normalized spacial score (nSPS) is 21.0. The van der Waals surface area contributed by atoms with Crippen molar-refractivity contribution in [2.75, 3.05) is 26.7 Å². The van der Waals surface area contributed by atoms with Gasteiger partial charge in [-0.3, -0.25) is 14.8 Å². The van der Waals surface area contributed by atoms with Crippen molar-refractivity contribution in [3.05, 3.63) is 53.9 Å². The number of hydrogen-bond acceptors (Lipinski definition) is 8. The molecule has 0 aliphatic carbocycles. The first kappa shape index (κ1) is 19.5. The second-order valence-corrected chi connectivity index (χ2v) is 6.74. The van der Waals surface area contributed by atoms with Gasteiger partial charge in [0.1, 0.15) is 23.6 Å². The topological polar surface area (TPSA) is 112 Å². The second-order valence-electron chi connectivity index (χ2n) is 6.74. The van der Waals surface area contributed by atoms with Gasteiger partial charge in [0, 0.05) is 37.3 Å². The Balaban J connectivity index is 1.66. The van der Waals surface area contributed by atoms with Gasteiger partial charge in [-0.05, 0) is 30.3 Å². The zero-order valence-corrected chi connectivity index (χ0v) is 16.4. The van der Waals surface area contributed by atoms with Crippen LogP contribution < -0.4 is 14.8 Å². The molecule has 1 amide bonds. The zero-order valence-electron chi connectivity index (χ0n) is 16.4. The van der Waals surface area contributed by atoms with E-state index in [1.54, 1.807) is 54.8 Å². The van der Waals surface area contributed by atoms with Gasteiger partial charge in [-0.15, -0.1) is 0 Å². The van der Waals surface area contributed by atoms with Gasteiger partial charge in [0.25, 0.3) is 0 Å². The molecule has 30 heavy (non-hydrogen) atoms. The first-order valence-electron chi connectivity index (χ1n) is 9.46. The quantitative estimate of drug-likeness (QED) is 0.823. The largest absolute Gasteiger partial charge is 0.497 e. The number of pyridine rings is 1. The number of benzene rings is 1. The number of carbonyl (C=O) groups is 1. The molecule has 0 bridgehead atoms. The molecule has 0 spiro atoms. The predicted molar refractivity (Wildman–Crippen MR) is 110 cm³/mol. The van der Waals surface area contributed by atoms with E-state index in [1.807, 2.05) is 0 Å². The molecule has 4 rings (SSSR count). The summed E-state index contributed by atoms with van der Waals surface area (Å²) in [5.74, 6) is 1.59. The fraction of sp³-hybridized carbons (Fsp3) is 0.286. The highest BCUT2D eigenvalue weighted by molar-refractivity contribution is 6.03. The molecule has 2 aromatic rings. The van der Waals surface area contributed by atoms with Crippen molar-refractivity contribution in [3.63, 3.8) is 0 Å². The lowest BCUT2D eigenvalue weighted by molar-refractivity contribution is -0.132. The highest BCUT2D eigenvalue weighted by Crippen LogP contribution is 2.26. The van der Waals surface area contributed by atoms with E-state index >= 15 is 0 Å². The fourth-order valence-electron chi connectivity index (χ4n) is 3.26. The van der Waals surface area contributed by atoms with E-state index < -0.39 is 12.2 Å². The van der Waals surface area contributed by atoms with Crippen molar-refractivity contribution in [1.29, 1.82) is 5.26 Å². The van der Waals surface area contributed by atoms with Gasteiger partial charge in [-0.25, -0.2) is 4.99 Å². The smallest absolute Gasteiger partial charge is 0.237 e. The van der Waals surface area contributed by atoms with Crippen LogP contribution in [-0.2, 0) is 4.79 Å². The van der Waals surface area contributed by atoms with Crippen molar-refractivity contribution in [1.82, 2.24) is 15.2 Å². The van der Waals surface area contributed by atoms with Gasteiger partial charge in [0.05, 0.1) is 19.2 Å². The standard InChI is InChI=1S/C21H20N6O3/c1-29-16-2-4-17(5-3-16)30-21-18(27-7-6-23-13-19(27)28)12-25-20(26-21)15-8-14(9-22)10-24-11-15/h2-5,8,10-12,18,20,23H,6-7,13H2,1H3. The summed E-state index contributed by atoms with van der Waals surface area (Å²) in [5.41, 5.74) is 1.10. The molecule has 2 unspecified atom stereocenters. The van der Waals surface area contributed by atoms with E-state index in [0.29, 0.717) is 41.6 Å². The summed E-state index contributed by atoms with van der Waals surface area (Å²) in [7, 11) is 1.59. The highest BCUT2D eigenvalue weighted by Gasteiger charge is 2.33. The van der Waals surface area contributed by atoms with Gasteiger partial charge in [-0.2, -0.15) is 5.26 Å². The number of methoxy groups -OCH3 is 1. The molecule has 9 heteroatoms. The molecule has 1 aromatic carbocycles. The van der Waals surface area contributed by atoms with Crippen LogP contribution in [0.5, 0.6) is 11.5 Å².